The van der Waals surface area contributed by atoms with Gasteiger partial charge in [-0.15, -0.1) is 11.3 Å². The first-order chi connectivity index (χ1) is 18.0. The molecule has 0 unspecified atom stereocenters. The topological polar surface area (TPSA) is 125 Å². The predicted molar refractivity (Wildman–Crippen MR) is 145 cm³/mol. The lowest BCUT2D eigenvalue weighted by molar-refractivity contribution is 0.0961. The van der Waals surface area contributed by atoms with E-state index in [1.165, 1.54) is 47.0 Å². The third-order valence-electron chi connectivity index (χ3n) is 6.85. The number of rotatable bonds is 6. The molecule has 0 saturated carbocycles. The number of thiophene rings is 1. The van der Waals surface area contributed by atoms with Gasteiger partial charge in [0, 0.05) is 37.1 Å². The molecule has 1 saturated heterocycles. The van der Waals surface area contributed by atoms with E-state index in [2.05, 4.69) is 24.5 Å². The van der Waals surface area contributed by atoms with Crippen molar-refractivity contribution in [3.63, 3.8) is 0 Å². The number of piperidine rings is 1. The van der Waals surface area contributed by atoms with Crippen LogP contribution in [-0.4, -0.2) is 68.8 Å². The Morgan fingerprint density at radius 2 is 1.74 bits per heavy atom. The Morgan fingerprint density at radius 1 is 1.08 bits per heavy atom. The van der Waals surface area contributed by atoms with Crippen LogP contribution in [0.3, 0.4) is 0 Å². The molecule has 1 fully saturated rings. The average molecular weight is 563 g/mol. The Hall–Kier alpha value is -2.96. The van der Waals surface area contributed by atoms with Crippen molar-refractivity contribution < 1.29 is 27.5 Å². The third-order valence-corrected chi connectivity index (χ3v) is 9.83. The van der Waals surface area contributed by atoms with Crippen molar-refractivity contribution in [3.05, 3.63) is 45.8 Å². The molecule has 10 nitrogen and oxygen atoms in total. The quantitative estimate of drug-likeness (QED) is 0.555. The maximum Gasteiger partial charge on any atom is 0.410 e. The van der Waals surface area contributed by atoms with Crippen LogP contribution in [0.1, 0.15) is 58.3 Å². The summed E-state index contributed by atoms with van der Waals surface area (Å²) in [7, 11) is -2.14. The number of nitrogens with one attached hydrogen (secondary N) is 2. The minimum absolute atomic E-state index is 0.145. The molecule has 2 atom stereocenters. The highest BCUT2D eigenvalue weighted by molar-refractivity contribution is 7.89. The van der Waals surface area contributed by atoms with E-state index in [0.29, 0.717) is 43.2 Å². The van der Waals surface area contributed by atoms with Crippen LogP contribution in [0.5, 0.6) is 0 Å². The van der Waals surface area contributed by atoms with E-state index in [9.17, 15) is 22.8 Å². The number of benzene rings is 1. The maximum absolute atomic E-state index is 13.2. The SMILES string of the molecule is CCOC(=O)N1CCc2c(sc(NC(=O)c3ccc(S(=O)(=O)N4C[C@H](C)C[C@@H](C)C4)cc3)c2C(=O)NC)C1. The molecule has 4 rings (SSSR count). The lowest BCUT2D eigenvalue weighted by atomic mass is 9.94. The van der Waals surface area contributed by atoms with Crippen molar-refractivity contribution in [2.24, 2.45) is 11.8 Å². The molecule has 2 N–H and O–H groups in total. The van der Waals surface area contributed by atoms with Gasteiger partial charge in [-0.3, -0.25) is 9.59 Å². The molecule has 2 aromatic rings. The molecular weight excluding hydrogens is 528 g/mol. The van der Waals surface area contributed by atoms with Gasteiger partial charge in [-0.1, -0.05) is 13.8 Å². The molecule has 38 heavy (non-hydrogen) atoms. The summed E-state index contributed by atoms with van der Waals surface area (Å²) in [6, 6.07) is 5.86. The van der Waals surface area contributed by atoms with Crippen molar-refractivity contribution in [2.45, 2.75) is 45.1 Å². The number of amides is 3. The molecule has 12 heteroatoms. The van der Waals surface area contributed by atoms with Gasteiger partial charge in [-0.2, -0.15) is 4.31 Å². The summed E-state index contributed by atoms with van der Waals surface area (Å²) in [5.74, 6) is -0.211. The number of sulfonamides is 1. The van der Waals surface area contributed by atoms with Crippen molar-refractivity contribution in [1.29, 1.82) is 0 Å². The fraction of sp³-hybridized carbons (Fsp3) is 0.500. The summed E-state index contributed by atoms with van der Waals surface area (Å²) >= 11 is 1.25. The second-order valence-electron chi connectivity index (χ2n) is 9.90. The fourth-order valence-electron chi connectivity index (χ4n) is 5.13. The molecule has 2 aliphatic heterocycles. The molecule has 0 spiro atoms. The van der Waals surface area contributed by atoms with Crippen molar-refractivity contribution in [1.82, 2.24) is 14.5 Å². The molecule has 3 amide bonds. The standard InChI is InChI=1S/C26H34N4O6S2/c1-5-36-26(33)29-11-10-20-21(15-29)37-25(22(20)24(32)27-4)28-23(31)18-6-8-19(9-7-18)38(34,35)30-13-16(2)12-17(3)14-30/h6-9,16-17H,5,10-15H2,1-4H3,(H,27,32)(H,28,31)/t16-,17-/m1/s1. The Kier molecular flexibility index (Phi) is 8.43. The molecule has 1 aromatic carbocycles. The number of anilines is 1. The number of carbonyl (C=O) groups is 3. The van der Waals surface area contributed by atoms with Gasteiger partial charge in [0.25, 0.3) is 11.8 Å². The Morgan fingerprint density at radius 3 is 2.34 bits per heavy atom. The van der Waals surface area contributed by atoms with Crippen molar-refractivity contribution in [2.75, 3.05) is 38.6 Å². The average Bonchev–Trinajstić information content (AvgIpc) is 3.24. The Bertz CT molecular complexity index is 1310. The summed E-state index contributed by atoms with van der Waals surface area (Å²) < 4.78 is 33.0. The van der Waals surface area contributed by atoms with E-state index in [1.54, 1.807) is 11.8 Å². The van der Waals surface area contributed by atoms with Crippen LogP contribution in [0.15, 0.2) is 29.2 Å². The van der Waals surface area contributed by atoms with Gasteiger partial charge in [0.05, 0.1) is 23.6 Å². The van der Waals surface area contributed by atoms with E-state index < -0.39 is 22.0 Å². The lowest BCUT2D eigenvalue weighted by Gasteiger charge is -2.34. The molecule has 0 bridgehead atoms. The number of carbonyl (C=O) groups excluding carboxylic acids is 3. The maximum atomic E-state index is 13.2. The monoisotopic (exact) mass is 562 g/mol. The second-order valence-corrected chi connectivity index (χ2v) is 12.9. The summed E-state index contributed by atoms with van der Waals surface area (Å²) in [4.78, 5) is 40.6. The number of hydrogen-bond donors (Lipinski definition) is 2. The van der Waals surface area contributed by atoms with Crippen LogP contribution in [0, 0.1) is 11.8 Å². The van der Waals surface area contributed by atoms with Crippen LogP contribution in [0.2, 0.25) is 0 Å². The fourth-order valence-corrected chi connectivity index (χ4v) is 8.07. The zero-order valence-electron chi connectivity index (χ0n) is 22.1. The predicted octanol–water partition coefficient (Wildman–Crippen LogP) is 3.54. The number of fused-ring (bicyclic) bond motifs is 1. The van der Waals surface area contributed by atoms with Crippen LogP contribution < -0.4 is 10.6 Å². The molecule has 0 aliphatic carbocycles. The molecular formula is C26H34N4O6S2. The highest BCUT2D eigenvalue weighted by Gasteiger charge is 2.33. The minimum Gasteiger partial charge on any atom is -0.450 e. The summed E-state index contributed by atoms with van der Waals surface area (Å²) in [5, 5.41) is 5.84. The van der Waals surface area contributed by atoms with Gasteiger partial charge in [0.15, 0.2) is 0 Å². The van der Waals surface area contributed by atoms with E-state index in [-0.39, 0.29) is 34.8 Å². The molecule has 3 heterocycles. The van der Waals surface area contributed by atoms with Crippen LogP contribution in [-0.2, 0) is 27.7 Å². The van der Waals surface area contributed by atoms with Gasteiger partial charge in [0.1, 0.15) is 5.00 Å². The lowest BCUT2D eigenvalue weighted by Crippen LogP contribution is -2.42. The van der Waals surface area contributed by atoms with Crippen LogP contribution in [0.4, 0.5) is 9.80 Å². The van der Waals surface area contributed by atoms with Crippen molar-refractivity contribution in [3.8, 4) is 0 Å². The van der Waals surface area contributed by atoms with E-state index >= 15 is 0 Å². The van der Waals surface area contributed by atoms with Gasteiger partial charge in [-0.05, 0) is 61.4 Å². The molecule has 1 aromatic heterocycles. The highest BCUT2D eigenvalue weighted by Crippen LogP contribution is 2.37. The first-order valence-electron chi connectivity index (χ1n) is 12.7. The van der Waals surface area contributed by atoms with E-state index in [1.807, 2.05) is 0 Å². The number of nitrogens with zero attached hydrogens (tertiary/aromatic N) is 2. The van der Waals surface area contributed by atoms with Gasteiger partial charge >= 0.3 is 6.09 Å². The molecule has 0 radical (unpaired) electrons. The third kappa shape index (κ3) is 5.71. The summed E-state index contributed by atoms with van der Waals surface area (Å²) in [6.45, 7) is 7.77. The van der Waals surface area contributed by atoms with Crippen molar-refractivity contribution >= 4 is 44.3 Å². The van der Waals surface area contributed by atoms with E-state index in [0.717, 1.165) is 16.9 Å². The number of ether oxygens (including phenoxy) is 1. The summed E-state index contributed by atoms with van der Waals surface area (Å²) in [5.41, 5.74) is 1.46. The first-order valence-corrected chi connectivity index (χ1v) is 15.0. The smallest absolute Gasteiger partial charge is 0.410 e. The second kappa shape index (κ2) is 11.4. The zero-order chi connectivity index (χ0) is 27.6. The van der Waals surface area contributed by atoms with Crippen LogP contribution >= 0.6 is 11.3 Å². The summed E-state index contributed by atoms with van der Waals surface area (Å²) in [6.07, 6.45) is 1.04. The van der Waals surface area contributed by atoms with E-state index in [4.69, 9.17) is 4.74 Å². The van der Waals surface area contributed by atoms with Crippen LogP contribution in [0.25, 0.3) is 0 Å². The van der Waals surface area contributed by atoms with Gasteiger partial charge in [-0.25, -0.2) is 13.2 Å². The zero-order valence-corrected chi connectivity index (χ0v) is 23.7. The van der Waals surface area contributed by atoms with Gasteiger partial charge < -0.3 is 20.3 Å². The highest BCUT2D eigenvalue weighted by atomic mass is 32.2. The van der Waals surface area contributed by atoms with Gasteiger partial charge in [0.2, 0.25) is 10.0 Å². The Balaban J connectivity index is 1.54. The molecule has 206 valence electrons. The first kappa shape index (κ1) is 28.1. The minimum atomic E-state index is -3.66. The molecule has 2 aliphatic rings. The normalized spacial score (nSPS) is 19.9. The number of hydrogen-bond acceptors (Lipinski definition) is 7. The largest absolute Gasteiger partial charge is 0.450 e. The Labute approximate surface area is 227 Å².